The van der Waals surface area contributed by atoms with Crippen molar-refractivity contribution in [2.45, 2.75) is 18.8 Å². The van der Waals surface area contributed by atoms with E-state index in [1.807, 2.05) is 24.3 Å². The van der Waals surface area contributed by atoms with Crippen molar-refractivity contribution in [1.82, 2.24) is 0 Å². The third kappa shape index (κ3) is 2.72. The van der Waals surface area contributed by atoms with Crippen molar-refractivity contribution in [3.63, 3.8) is 0 Å². The second-order valence-electron chi connectivity index (χ2n) is 4.65. The van der Waals surface area contributed by atoms with E-state index in [4.69, 9.17) is 33.4 Å². The van der Waals surface area contributed by atoms with Gasteiger partial charge in [-0.25, -0.2) is 0 Å². The van der Waals surface area contributed by atoms with Crippen LogP contribution >= 0.6 is 23.2 Å². The summed E-state index contributed by atoms with van der Waals surface area (Å²) in [5.74, 6) is 0.897. The van der Waals surface area contributed by atoms with E-state index in [0.29, 0.717) is 23.0 Å². The molecule has 1 aromatic heterocycles. The van der Waals surface area contributed by atoms with Crippen LogP contribution in [0.25, 0.3) is 0 Å². The minimum absolute atomic E-state index is 0.264. The number of halogens is 2. The third-order valence-corrected chi connectivity index (χ3v) is 3.72. The summed E-state index contributed by atoms with van der Waals surface area (Å²) in [6.07, 6.45) is 2.37. The van der Waals surface area contributed by atoms with Gasteiger partial charge >= 0.3 is 0 Å². The van der Waals surface area contributed by atoms with Crippen molar-refractivity contribution < 1.29 is 4.42 Å². The molecule has 1 aromatic carbocycles. The predicted octanol–water partition coefficient (Wildman–Crippen LogP) is 4.05. The molecule has 0 aliphatic rings. The maximum absolute atomic E-state index is 6.26. The molecule has 4 heteroatoms. The van der Waals surface area contributed by atoms with Crippen molar-refractivity contribution in [1.29, 1.82) is 0 Å². The molecule has 0 saturated carbocycles. The zero-order valence-electron chi connectivity index (χ0n) is 10.1. The van der Waals surface area contributed by atoms with E-state index >= 15 is 0 Å². The number of nitrogens with two attached hydrogens (primary N) is 1. The van der Waals surface area contributed by atoms with Crippen LogP contribution in [0.1, 0.15) is 18.2 Å². The summed E-state index contributed by atoms with van der Waals surface area (Å²) in [5, 5.41) is 1.27. The van der Waals surface area contributed by atoms with Gasteiger partial charge in [0.05, 0.1) is 6.26 Å². The number of rotatable bonds is 4. The first-order valence-electron chi connectivity index (χ1n) is 5.73. The fourth-order valence-corrected chi connectivity index (χ4v) is 2.69. The van der Waals surface area contributed by atoms with Crippen LogP contribution in [0.4, 0.5) is 0 Å². The molecule has 18 heavy (non-hydrogen) atoms. The second-order valence-corrected chi connectivity index (χ2v) is 5.49. The van der Waals surface area contributed by atoms with Gasteiger partial charge in [0, 0.05) is 28.4 Å². The summed E-state index contributed by atoms with van der Waals surface area (Å²) in [5.41, 5.74) is 6.66. The molecule has 0 bridgehead atoms. The first kappa shape index (κ1) is 13.5. The average molecular weight is 284 g/mol. The van der Waals surface area contributed by atoms with Gasteiger partial charge in [0.25, 0.3) is 0 Å². The number of hydrogen-bond donors (Lipinski definition) is 1. The molecule has 0 saturated heterocycles. The summed E-state index contributed by atoms with van der Waals surface area (Å²) in [6, 6.07) is 9.32. The lowest BCUT2D eigenvalue weighted by Gasteiger charge is -2.28. The molecule has 0 amide bonds. The van der Waals surface area contributed by atoms with E-state index in [1.165, 1.54) is 0 Å². The van der Waals surface area contributed by atoms with Gasteiger partial charge in [-0.3, -0.25) is 0 Å². The minimum Gasteiger partial charge on any atom is -0.469 e. The Bertz CT molecular complexity index is 525. The van der Waals surface area contributed by atoms with Gasteiger partial charge in [0.1, 0.15) is 5.76 Å². The van der Waals surface area contributed by atoms with E-state index in [1.54, 1.807) is 12.3 Å². The lowest BCUT2D eigenvalue weighted by Crippen LogP contribution is -2.34. The maximum atomic E-state index is 6.26. The molecular weight excluding hydrogens is 269 g/mol. The fourth-order valence-electron chi connectivity index (χ4n) is 2.05. The van der Waals surface area contributed by atoms with Crippen LogP contribution in [0.15, 0.2) is 41.0 Å². The predicted molar refractivity (Wildman–Crippen MR) is 75.3 cm³/mol. The van der Waals surface area contributed by atoms with Crippen LogP contribution in [0, 0.1) is 0 Å². The summed E-state index contributed by atoms with van der Waals surface area (Å²) in [7, 11) is 0. The Morgan fingerprint density at radius 3 is 2.61 bits per heavy atom. The Morgan fingerprint density at radius 1 is 1.28 bits per heavy atom. The lowest BCUT2D eigenvalue weighted by atomic mass is 9.79. The highest BCUT2D eigenvalue weighted by molar-refractivity contribution is 6.35. The van der Waals surface area contributed by atoms with Gasteiger partial charge in [-0.2, -0.15) is 0 Å². The van der Waals surface area contributed by atoms with Gasteiger partial charge in [-0.15, -0.1) is 0 Å². The highest BCUT2D eigenvalue weighted by Crippen LogP contribution is 2.34. The highest BCUT2D eigenvalue weighted by Gasteiger charge is 2.28. The molecule has 0 aliphatic heterocycles. The summed E-state index contributed by atoms with van der Waals surface area (Å²) in [6.45, 7) is 2.56. The minimum atomic E-state index is -0.264. The normalized spacial score (nSPS) is 14.4. The molecule has 2 aromatic rings. The third-order valence-electron chi connectivity index (χ3n) is 3.18. The molecule has 96 valence electrons. The zero-order valence-corrected chi connectivity index (χ0v) is 11.6. The Kier molecular flexibility index (Phi) is 4.00. The van der Waals surface area contributed by atoms with Gasteiger partial charge < -0.3 is 10.2 Å². The largest absolute Gasteiger partial charge is 0.469 e. The van der Waals surface area contributed by atoms with E-state index in [9.17, 15) is 0 Å². The van der Waals surface area contributed by atoms with E-state index in [-0.39, 0.29) is 5.41 Å². The van der Waals surface area contributed by atoms with Crippen LogP contribution in [-0.2, 0) is 11.8 Å². The zero-order chi connectivity index (χ0) is 13.2. The van der Waals surface area contributed by atoms with Gasteiger partial charge in [-0.05, 0) is 29.8 Å². The lowest BCUT2D eigenvalue weighted by molar-refractivity contribution is 0.412. The maximum Gasteiger partial charge on any atom is 0.104 e. The molecule has 1 unspecified atom stereocenters. The summed E-state index contributed by atoms with van der Waals surface area (Å²) >= 11 is 12.2. The molecule has 0 fully saturated rings. The molecule has 0 aliphatic carbocycles. The standard InChI is InChI=1S/C14H15Cl2NO/c1-14(9-17,8-11-3-2-6-18-11)12-5-4-10(15)7-13(12)16/h2-7H,8-9,17H2,1H3. The molecule has 0 radical (unpaired) electrons. The van der Waals surface area contributed by atoms with Crippen molar-refractivity contribution in [2.75, 3.05) is 6.54 Å². The molecule has 1 heterocycles. The average Bonchev–Trinajstić information content (AvgIpc) is 2.81. The molecule has 0 spiro atoms. The van der Waals surface area contributed by atoms with E-state index in [0.717, 1.165) is 11.3 Å². The number of furan rings is 1. The van der Waals surface area contributed by atoms with Gasteiger partial charge in [-0.1, -0.05) is 36.2 Å². The van der Waals surface area contributed by atoms with Crippen LogP contribution in [0.2, 0.25) is 10.0 Å². The van der Waals surface area contributed by atoms with Crippen LogP contribution in [0.3, 0.4) is 0 Å². The van der Waals surface area contributed by atoms with Gasteiger partial charge in [0.15, 0.2) is 0 Å². The molecule has 2 rings (SSSR count). The number of benzene rings is 1. The van der Waals surface area contributed by atoms with E-state index < -0.39 is 0 Å². The quantitative estimate of drug-likeness (QED) is 0.920. The molecule has 2 nitrogen and oxygen atoms in total. The van der Waals surface area contributed by atoms with Crippen molar-refractivity contribution >= 4 is 23.2 Å². The Hall–Kier alpha value is -0.960. The first-order valence-corrected chi connectivity index (χ1v) is 6.49. The molecule has 1 atom stereocenters. The Balaban J connectivity index is 2.36. The smallest absolute Gasteiger partial charge is 0.104 e. The van der Waals surface area contributed by atoms with Crippen LogP contribution in [-0.4, -0.2) is 6.54 Å². The van der Waals surface area contributed by atoms with Crippen LogP contribution < -0.4 is 5.73 Å². The van der Waals surface area contributed by atoms with Crippen molar-refractivity contribution in [3.8, 4) is 0 Å². The monoisotopic (exact) mass is 283 g/mol. The molecule has 2 N–H and O–H groups in total. The van der Waals surface area contributed by atoms with Crippen LogP contribution in [0.5, 0.6) is 0 Å². The second kappa shape index (κ2) is 5.35. The SMILES string of the molecule is CC(CN)(Cc1ccco1)c1ccc(Cl)cc1Cl. The van der Waals surface area contributed by atoms with Crippen molar-refractivity contribution in [2.24, 2.45) is 5.73 Å². The van der Waals surface area contributed by atoms with Gasteiger partial charge in [0.2, 0.25) is 0 Å². The van der Waals surface area contributed by atoms with E-state index in [2.05, 4.69) is 6.92 Å². The number of hydrogen-bond acceptors (Lipinski definition) is 2. The Morgan fingerprint density at radius 2 is 2.06 bits per heavy atom. The summed E-state index contributed by atoms with van der Waals surface area (Å²) < 4.78 is 5.39. The summed E-state index contributed by atoms with van der Waals surface area (Å²) in [4.78, 5) is 0. The van der Waals surface area contributed by atoms with Crippen molar-refractivity contribution in [3.05, 3.63) is 58.0 Å². The molecular formula is C14H15Cl2NO. The Labute approximate surface area is 117 Å². The fraction of sp³-hybridized carbons (Fsp3) is 0.286. The first-order chi connectivity index (χ1) is 8.55. The topological polar surface area (TPSA) is 39.2 Å². The highest BCUT2D eigenvalue weighted by atomic mass is 35.5.